The fraction of sp³-hybridized carbons (Fsp3) is 0.250. The van der Waals surface area contributed by atoms with E-state index in [0.717, 1.165) is 12.1 Å². The van der Waals surface area contributed by atoms with Crippen molar-refractivity contribution in [2.75, 3.05) is 19.6 Å². The number of rotatable bonds is 2. The Morgan fingerprint density at radius 3 is 2.79 bits per heavy atom. The van der Waals surface area contributed by atoms with Crippen LogP contribution in [-0.4, -0.2) is 35.4 Å². The molecule has 3 rings (SSSR count). The lowest BCUT2D eigenvalue weighted by atomic mass is 10.0. The zero-order chi connectivity index (χ0) is 16.4. The number of nitrogens with zero attached hydrogens (tertiary/aromatic N) is 1. The summed E-state index contributed by atoms with van der Waals surface area (Å²) < 4.78 is 0.341. The number of amides is 1. The van der Waals surface area contributed by atoms with Gasteiger partial charge < -0.3 is 15.2 Å². The standard InChI is InChI=1S/C16H15BrClN3O2.ClH/c17-12-7-10(8-20-15(12)22)16(23)21-6-5-19-9-14(21)11-3-1-2-4-13(11)18;/h1-4,7-8,14,19H,5-6,9H2,(H,20,22);1H. The van der Waals surface area contributed by atoms with Gasteiger partial charge in [0, 0.05) is 30.9 Å². The first kappa shape index (κ1) is 19.0. The van der Waals surface area contributed by atoms with Crippen molar-refractivity contribution >= 4 is 45.8 Å². The number of benzene rings is 1. The number of hydrogen-bond donors (Lipinski definition) is 2. The first-order chi connectivity index (χ1) is 11.1. The summed E-state index contributed by atoms with van der Waals surface area (Å²) in [5.74, 6) is -0.131. The SMILES string of the molecule is Cl.O=C(c1c[nH]c(=O)c(Br)c1)N1CCNCC1c1ccccc1Cl. The Hall–Kier alpha value is -1.34. The number of halogens is 3. The van der Waals surface area contributed by atoms with Gasteiger partial charge in [-0.3, -0.25) is 9.59 Å². The van der Waals surface area contributed by atoms with Crippen molar-refractivity contribution in [3.05, 3.63) is 67.5 Å². The van der Waals surface area contributed by atoms with Crippen molar-refractivity contribution in [1.29, 1.82) is 0 Å². The number of carbonyl (C=O) groups is 1. The van der Waals surface area contributed by atoms with Crippen LogP contribution in [0.1, 0.15) is 22.0 Å². The summed E-state index contributed by atoms with van der Waals surface area (Å²) in [4.78, 5) is 28.7. The van der Waals surface area contributed by atoms with E-state index in [-0.39, 0.29) is 29.9 Å². The zero-order valence-corrected chi connectivity index (χ0v) is 15.7. The molecule has 1 aliphatic rings. The minimum Gasteiger partial charge on any atom is -0.329 e. The predicted molar refractivity (Wildman–Crippen MR) is 100 cm³/mol. The van der Waals surface area contributed by atoms with Crippen molar-refractivity contribution in [2.45, 2.75) is 6.04 Å². The summed E-state index contributed by atoms with van der Waals surface area (Å²) >= 11 is 9.46. The molecular weight excluding hydrogens is 417 g/mol. The molecule has 1 unspecified atom stereocenters. The van der Waals surface area contributed by atoms with E-state index in [0.29, 0.717) is 28.1 Å². The molecule has 1 saturated heterocycles. The molecule has 1 aromatic carbocycles. The fourth-order valence-corrected chi connectivity index (χ4v) is 3.34. The topological polar surface area (TPSA) is 65.2 Å². The van der Waals surface area contributed by atoms with E-state index in [1.54, 1.807) is 11.0 Å². The predicted octanol–water partition coefficient (Wildman–Crippen LogP) is 3.00. The maximum absolute atomic E-state index is 12.9. The van der Waals surface area contributed by atoms with Crippen LogP contribution in [0.3, 0.4) is 0 Å². The Kier molecular flexibility index (Phi) is 6.46. The van der Waals surface area contributed by atoms with E-state index >= 15 is 0 Å². The highest BCUT2D eigenvalue weighted by Crippen LogP contribution is 2.29. The molecule has 0 spiro atoms. The van der Waals surface area contributed by atoms with Crippen molar-refractivity contribution in [3.8, 4) is 0 Å². The van der Waals surface area contributed by atoms with Gasteiger partial charge in [-0.2, -0.15) is 0 Å². The lowest BCUT2D eigenvalue weighted by molar-refractivity contribution is 0.0634. The number of nitrogens with one attached hydrogen (secondary N) is 2. The molecule has 2 N–H and O–H groups in total. The van der Waals surface area contributed by atoms with Gasteiger partial charge in [0.05, 0.1) is 16.1 Å². The first-order valence-corrected chi connectivity index (χ1v) is 8.39. The first-order valence-electron chi connectivity index (χ1n) is 7.22. The van der Waals surface area contributed by atoms with Gasteiger partial charge in [-0.15, -0.1) is 12.4 Å². The van der Waals surface area contributed by atoms with Crippen LogP contribution in [0.2, 0.25) is 5.02 Å². The smallest absolute Gasteiger partial charge is 0.262 e. The second-order valence-electron chi connectivity index (χ2n) is 5.31. The van der Waals surface area contributed by atoms with Crippen molar-refractivity contribution in [3.63, 3.8) is 0 Å². The van der Waals surface area contributed by atoms with E-state index < -0.39 is 0 Å². The van der Waals surface area contributed by atoms with Gasteiger partial charge in [0.15, 0.2) is 0 Å². The molecule has 128 valence electrons. The molecule has 2 aromatic rings. The van der Waals surface area contributed by atoms with Gasteiger partial charge in [-0.05, 0) is 33.6 Å². The third-order valence-corrected chi connectivity index (χ3v) is 4.81. The third kappa shape index (κ3) is 3.83. The van der Waals surface area contributed by atoms with Crippen LogP contribution >= 0.6 is 39.9 Å². The Morgan fingerprint density at radius 1 is 1.33 bits per heavy atom. The number of aromatic nitrogens is 1. The molecule has 5 nitrogen and oxygen atoms in total. The molecular formula is C16H16BrCl2N3O2. The van der Waals surface area contributed by atoms with E-state index in [4.69, 9.17) is 11.6 Å². The molecule has 8 heteroatoms. The summed E-state index contributed by atoms with van der Waals surface area (Å²) in [6.45, 7) is 1.93. The number of H-pyrrole nitrogens is 1. The molecule has 2 heterocycles. The van der Waals surface area contributed by atoms with Crippen LogP contribution in [0, 0.1) is 0 Å². The van der Waals surface area contributed by atoms with Gasteiger partial charge in [0.1, 0.15) is 0 Å². The lowest BCUT2D eigenvalue weighted by Gasteiger charge is -2.37. The van der Waals surface area contributed by atoms with Crippen LogP contribution < -0.4 is 10.9 Å². The zero-order valence-electron chi connectivity index (χ0n) is 12.6. The maximum atomic E-state index is 12.9. The van der Waals surface area contributed by atoms with Crippen LogP contribution in [0.4, 0.5) is 0 Å². The summed E-state index contributed by atoms with van der Waals surface area (Å²) in [6, 6.07) is 8.94. The number of aromatic amines is 1. The van der Waals surface area contributed by atoms with E-state index in [1.165, 1.54) is 6.20 Å². The molecule has 0 aliphatic carbocycles. The van der Waals surface area contributed by atoms with Gasteiger partial charge >= 0.3 is 0 Å². The number of pyridine rings is 1. The number of carbonyl (C=O) groups excluding carboxylic acids is 1. The monoisotopic (exact) mass is 431 g/mol. The van der Waals surface area contributed by atoms with Gasteiger partial charge in [-0.1, -0.05) is 29.8 Å². The summed E-state index contributed by atoms with van der Waals surface area (Å²) in [6.07, 6.45) is 1.45. The van der Waals surface area contributed by atoms with Crippen molar-refractivity contribution in [2.24, 2.45) is 0 Å². The molecule has 1 aromatic heterocycles. The van der Waals surface area contributed by atoms with Crippen LogP contribution in [0.5, 0.6) is 0 Å². The third-order valence-electron chi connectivity index (χ3n) is 3.87. The fourth-order valence-electron chi connectivity index (χ4n) is 2.72. The van der Waals surface area contributed by atoms with Gasteiger partial charge in [0.2, 0.25) is 0 Å². The molecule has 1 aliphatic heterocycles. The second-order valence-corrected chi connectivity index (χ2v) is 6.57. The highest BCUT2D eigenvalue weighted by Gasteiger charge is 2.30. The van der Waals surface area contributed by atoms with Crippen LogP contribution in [0.25, 0.3) is 0 Å². The van der Waals surface area contributed by atoms with Gasteiger partial charge in [-0.25, -0.2) is 0 Å². The average Bonchev–Trinajstić information content (AvgIpc) is 2.57. The minimum atomic E-state index is -0.260. The summed E-state index contributed by atoms with van der Waals surface area (Å²) in [5.41, 5.74) is 1.10. The number of hydrogen-bond acceptors (Lipinski definition) is 3. The Morgan fingerprint density at radius 2 is 2.08 bits per heavy atom. The molecule has 1 atom stereocenters. The molecule has 0 saturated carbocycles. The highest BCUT2D eigenvalue weighted by molar-refractivity contribution is 9.10. The summed E-state index contributed by atoms with van der Waals surface area (Å²) in [5, 5.41) is 3.94. The molecule has 1 amide bonds. The second kappa shape index (κ2) is 8.16. The van der Waals surface area contributed by atoms with Crippen molar-refractivity contribution in [1.82, 2.24) is 15.2 Å². The van der Waals surface area contributed by atoms with Crippen LogP contribution in [-0.2, 0) is 0 Å². The normalized spacial score (nSPS) is 17.2. The quantitative estimate of drug-likeness (QED) is 0.766. The van der Waals surface area contributed by atoms with E-state index in [9.17, 15) is 9.59 Å². The molecule has 0 radical (unpaired) electrons. The molecule has 1 fully saturated rings. The Bertz CT molecular complexity index is 797. The van der Waals surface area contributed by atoms with E-state index in [1.807, 2.05) is 24.3 Å². The number of piperazine rings is 1. The summed E-state index contributed by atoms with van der Waals surface area (Å²) in [7, 11) is 0. The maximum Gasteiger partial charge on any atom is 0.262 e. The molecule has 0 bridgehead atoms. The Labute approximate surface area is 158 Å². The molecule has 24 heavy (non-hydrogen) atoms. The van der Waals surface area contributed by atoms with Gasteiger partial charge in [0.25, 0.3) is 11.5 Å². The Balaban J connectivity index is 0.00000208. The largest absolute Gasteiger partial charge is 0.329 e. The van der Waals surface area contributed by atoms with Crippen LogP contribution in [0.15, 0.2) is 45.8 Å². The van der Waals surface area contributed by atoms with Crippen molar-refractivity contribution < 1.29 is 4.79 Å². The highest BCUT2D eigenvalue weighted by atomic mass is 79.9. The van der Waals surface area contributed by atoms with E-state index in [2.05, 4.69) is 26.2 Å². The average molecular weight is 433 g/mol. The lowest BCUT2D eigenvalue weighted by Crippen LogP contribution is -2.48. The minimum absolute atomic E-state index is 0.